The Kier molecular flexibility index (Phi) is 4.31. The van der Waals surface area contributed by atoms with Gasteiger partial charge in [0.1, 0.15) is 0 Å². The standard InChI is InChI=1S/C18H22N2O3S/c1-2-20-13-9-14-15(23-11-22-14)10-16(13)24-18(20)19-17(21)8-7-12-5-3-4-6-12/h9-10,12H,2-8,11H2,1H3. The van der Waals surface area contributed by atoms with Gasteiger partial charge in [0.15, 0.2) is 16.3 Å². The molecular weight excluding hydrogens is 324 g/mol. The molecule has 0 N–H and O–H groups in total. The third-order valence-corrected chi connectivity index (χ3v) is 6.00. The maximum Gasteiger partial charge on any atom is 0.248 e. The van der Waals surface area contributed by atoms with Gasteiger partial charge >= 0.3 is 0 Å². The number of aromatic nitrogens is 1. The summed E-state index contributed by atoms with van der Waals surface area (Å²) in [6, 6.07) is 3.97. The van der Waals surface area contributed by atoms with E-state index in [1.54, 1.807) is 11.3 Å². The molecule has 0 saturated heterocycles. The fraction of sp³-hybridized carbons (Fsp3) is 0.556. The zero-order chi connectivity index (χ0) is 16.5. The number of aryl methyl sites for hydroxylation is 1. The van der Waals surface area contributed by atoms with E-state index < -0.39 is 0 Å². The van der Waals surface area contributed by atoms with Gasteiger partial charge < -0.3 is 14.0 Å². The Hall–Kier alpha value is -1.82. The monoisotopic (exact) mass is 346 g/mol. The average molecular weight is 346 g/mol. The molecule has 0 unspecified atom stereocenters. The second-order valence-electron chi connectivity index (χ2n) is 6.50. The third-order valence-electron chi connectivity index (χ3n) is 4.95. The van der Waals surface area contributed by atoms with Crippen molar-refractivity contribution in [2.45, 2.75) is 52.0 Å². The lowest BCUT2D eigenvalue weighted by atomic mass is 10.0. The number of hydrogen-bond acceptors (Lipinski definition) is 4. The molecule has 24 heavy (non-hydrogen) atoms. The number of ether oxygens (including phenoxy) is 2. The summed E-state index contributed by atoms with van der Waals surface area (Å²) in [6.45, 7) is 3.11. The van der Waals surface area contributed by atoms with Crippen LogP contribution >= 0.6 is 11.3 Å². The molecule has 1 fully saturated rings. The normalized spacial score (nSPS) is 18.0. The molecule has 0 atom stereocenters. The lowest BCUT2D eigenvalue weighted by Gasteiger charge is -2.05. The fourth-order valence-electron chi connectivity index (χ4n) is 3.64. The van der Waals surface area contributed by atoms with E-state index in [-0.39, 0.29) is 12.7 Å². The molecule has 2 aromatic rings. The van der Waals surface area contributed by atoms with Crippen LogP contribution in [-0.2, 0) is 11.3 Å². The first-order valence-corrected chi connectivity index (χ1v) is 9.57. The van der Waals surface area contributed by atoms with Gasteiger partial charge in [0.25, 0.3) is 0 Å². The fourth-order valence-corrected chi connectivity index (χ4v) is 4.76. The molecule has 2 aliphatic rings. The summed E-state index contributed by atoms with van der Waals surface area (Å²) in [4.78, 5) is 17.5. The average Bonchev–Trinajstić information content (AvgIpc) is 3.29. The largest absolute Gasteiger partial charge is 0.454 e. The van der Waals surface area contributed by atoms with Crippen LogP contribution in [0.15, 0.2) is 17.1 Å². The molecule has 1 aliphatic heterocycles. The van der Waals surface area contributed by atoms with Gasteiger partial charge in [-0.15, -0.1) is 0 Å². The molecule has 0 spiro atoms. The summed E-state index contributed by atoms with van der Waals surface area (Å²) in [6.07, 6.45) is 6.72. The van der Waals surface area contributed by atoms with Crippen LogP contribution in [0.2, 0.25) is 0 Å². The Bertz CT molecular complexity index is 831. The van der Waals surface area contributed by atoms with E-state index in [4.69, 9.17) is 9.47 Å². The molecule has 4 rings (SSSR count). The van der Waals surface area contributed by atoms with Gasteiger partial charge in [-0.25, -0.2) is 0 Å². The van der Waals surface area contributed by atoms with E-state index in [1.165, 1.54) is 25.7 Å². The second-order valence-corrected chi connectivity index (χ2v) is 7.51. The van der Waals surface area contributed by atoms with Crippen molar-refractivity contribution in [1.29, 1.82) is 0 Å². The summed E-state index contributed by atoms with van der Waals surface area (Å²) in [5, 5.41) is 0. The van der Waals surface area contributed by atoms with E-state index in [9.17, 15) is 4.79 Å². The number of benzene rings is 1. The van der Waals surface area contributed by atoms with Crippen molar-refractivity contribution in [3.63, 3.8) is 0 Å². The lowest BCUT2D eigenvalue weighted by molar-refractivity contribution is -0.118. The first kappa shape index (κ1) is 15.7. The number of carbonyl (C=O) groups is 1. The molecular formula is C18H22N2O3S. The third kappa shape index (κ3) is 2.95. The summed E-state index contributed by atoms with van der Waals surface area (Å²) in [5.41, 5.74) is 1.05. The highest BCUT2D eigenvalue weighted by molar-refractivity contribution is 7.16. The van der Waals surface area contributed by atoms with Crippen molar-refractivity contribution in [3.05, 3.63) is 16.9 Å². The van der Waals surface area contributed by atoms with Crippen LogP contribution < -0.4 is 14.3 Å². The Balaban J connectivity index is 1.61. The molecule has 1 aromatic heterocycles. The van der Waals surface area contributed by atoms with Gasteiger partial charge in [0.2, 0.25) is 12.7 Å². The van der Waals surface area contributed by atoms with Crippen LogP contribution in [0.3, 0.4) is 0 Å². The van der Waals surface area contributed by atoms with Gasteiger partial charge in [-0.05, 0) is 19.3 Å². The molecule has 1 aliphatic carbocycles. The summed E-state index contributed by atoms with van der Waals surface area (Å²) in [7, 11) is 0. The van der Waals surface area contributed by atoms with E-state index in [2.05, 4.69) is 16.5 Å². The minimum Gasteiger partial charge on any atom is -0.454 e. The number of thiazole rings is 1. The zero-order valence-corrected chi connectivity index (χ0v) is 14.7. The van der Waals surface area contributed by atoms with Gasteiger partial charge in [0.05, 0.1) is 10.2 Å². The minimum atomic E-state index is -0.00398. The number of carbonyl (C=O) groups excluding carboxylic acids is 1. The lowest BCUT2D eigenvalue weighted by Crippen LogP contribution is -2.16. The topological polar surface area (TPSA) is 52.8 Å². The van der Waals surface area contributed by atoms with E-state index >= 15 is 0 Å². The predicted molar refractivity (Wildman–Crippen MR) is 93.4 cm³/mol. The first-order chi connectivity index (χ1) is 11.7. The van der Waals surface area contributed by atoms with Gasteiger partial charge in [-0.1, -0.05) is 37.0 Å². The number of rotatable bonds is 4. The highest BCUT2D eigenvalue weighted by Gasteiger charge is 2.18. The minimum absolute atomic E-state index is 0.00398. The quantitative estimate of drug-likeness (QED) is 0.845. The zero-order valence-electron chi connectivity index (χ0n) is 13.9. The van der Waals surface area contributed by atoms with Crippen molar-refractivity contribution in [3.8, 4) is 11.5 Å². The van der Waals surface area contributed by atoms with Crippen LogP contribution in [0.5, 0.6) is 11.5 Å². The smallest absolute Gasteiger partial charge is 0.248 e. The predicted octanol–water partition coefficient (Wildman–Crippen LogP) is 3.85. The summed E-state index contributed by atoms with van der Waals surface area (Å²) >= 11 is 1.54. The SMILES string of the molecule is CCn1c(=NC(=O)CCC2CCCC2)sc2cc3c(cc21)OCO3. The van der Waals surface area contributed by atoms with E-state index in [0.717, 1.165) is 45.4 Å². The molecule has 1 aromatic carbocycles. The highest BCUT2D eigenvalue weighted by Crippen LogP contribution is 2.37. The van der Waals surface area contributed by atoms with Crippen LogP contribution in [0, 0.1) is 5.92 Å². The second kappa shape index (κ2) is 6.59. The first-order valence-electron chi connectivity index (χ1n) is 8.75. The Labute approximate surface area is 144 Å². The number of hydrogen-bond donors (Lipinski definition) is 0. The number of nitrogens with zero attached hydrogens (tertiary/aromatic N) is 2. The van der Waals surface area contributed by atoms with Crippen LogP contribution in [0.25, 0.3) is 10.2 Å². The molecule has 1 saturated carbocycles. The molecule has 128 valence electrons. The van der Waals surface area contributed by atoms with Crippen molar-refractivity contribution in [2.24, 2.45) is 10.9 Å². The van der Waals surface area contributed by atoms with Crippen molar-refractivity contribution in [1.82, 2.24) is 4.57 Å². The molecule has 6 heteroatoms. The Morgan fingerprint density at radius 1 is 1.29 bits per heavy atom. The van der Waals surface area contributed by atoms with Crippen molar-refractivity contribution in [2.75, 3.05) is 6.79 Å². The highest BCUT2D eigenvalue weighted by atomic mass is 32.1. The van der Waals surface area contributed by atoms with Crippen molar-refractivity contribution >= 4 is 27.5 Å². The summed E-state index contributed by atoms with van der Waals surface area (Å²) < 4.78 is 14.1. The maximum absolute atomic E-state index is 12.3. The molecule has 2 heterocycles. The van der Waals surface area contributed by atoms with Crippen molar-refractivity contribution < 1.29 is 14.3 Å². The van der Waals surface area contributed by atoms with Crippen LogP contribution in [0.4, 0.5) is 0 Å². The van der Waals surface area contributed by atoms with Gasteiger partial charge in [-0.2, -0.15) is 4.99 Å². The van der Waals surface area contributed by atoms with E-state index in [1.807, 2.05) is 12.1 Å². The summed E-state index contributed by atoms with van der Waals surface area (Å²) in [5.74, 6) is 2.26. The van der Waals surface area contributed by atoms with Crippen LogP contribution in [-0.4, -0.2) is 17.3 Å². The van der Waals surface area contributed by atoms with Gasteiger partial charge in [0, 0.05) is 25.1 Å². The Morgan fingerprint density at radius 3 is 2.79 bits per heavy atom. The maximum atomic E-state index is 12.3. The molecule has 0 radical (unpaired) electrons. The molecule has 5 nitrogen and oxygen atoms in total. The van der Waals surface area contributed by atoms with Gasteiger partial charge in [-0.3, -0.25) is 4.79 Å². The molecule has 1 amide bonds. The van der Waals surface area contributed by atoms with E-state index in [0.29, 0.717) is 6.42 Å². The number of amides is 1. The number of fused-ring (bicyclic) bond motifs is 2. The van der Waals surface area contributed by atoms with Crippen LogP contribution in [0.1, 0.15) is 45.4 Å². The Morgan fingerprint density at radius 2 is 2.04 bits per heavy atom. The molecule has 0 bridgehead atoms.